The lowest BCUT2D eigenvalue weighted by molar-refractivity contribution is 0.107. The average molecular weight is 174 g/mol. The lowest BCUT2D eigenvalue weighted by atomic mass is 10.2. The molecule has 0 aromatic heterocycles. The van der Waals surface area contributed by atoms with E-state index in [1.165, 1.54) is 0 Å². The highest BCUT2D eigenvalue weighted by Gasteiger charge is 2.10. The number of aliphatic hydroxyl groups excluding tert-OH is 1. The quantitative estimate of drug-likeness (QED) is 0.608. The zero-order valence-electron chi connectivity index (χ0n) is 8.67. The van der Waals surface area contributed by atoms with Crippen molar-refractivity contribution in [3.63, 3.8) is 0 Å². The zero-order valence-corrected chi connectivity index (χ0v) is 8.67. The van der Waals surface area contributed by atoms with Crippen LogP contribution in [0.2, 0.25) is 0 Å². The number of nitrogens with zero attached hydrogens (tertiary/aromatic N) is 1. The van der Waals surface area contributed by atoms with E-state index < -0.39 is 0 Å². The van der Waals surface area contributed by atoms with Crippen LogP contribution in [0.25, 0.3) is 0 Å². The molecule has 0 radical (unpaired) electrons. The van der Waals surface area contributed by atoms with Crippen molar-refractivity contribution in [1.82, 2.24) is 10.2 Å². The smallest absolute Gasteiger partial charge is 0.0791 e. The summed E-state index contributed by atoms with van der Waals surface area (Å²) in [6.07, 6.45) is 0.872. The Bertz CT molecular complexity index is 109. The molecule has 0 aliphatic heterocycles. The van der Waals surface area contributed by atoms with E-state index in [2.05, 4.69) is 24.1 Å². The second-order valence-corrected chi connectivity index (χ2v) is 3.41. The van der Waals surface area contributed by atoms with Gasteiger partial charge >= 0.3 is 0 Å². The molecule has 0 fully saturated rings. The van der Waals surface area contributed by atoms with Crippen molar-refractivity contribution in [2.24, 2.45) is 0 Å². The van der Waals surface area contributed by atoms with Crippen molar-refractivity contribution in [2.75, 3.05) is 27.2 Å². The molecule has 0 saturated heterocycles. The SMILES string of the molecule is CCC(C)N(C)CC(O)CNC. The summed E-state index contributed by atoms with van der Waals surface area (Å²) < 4.78 is 0. The molecule has 0 bridgehead atoms. The molecular formula is C9H22N2O. The first kappa shape index (κ1) is 11.9. The topological polar surface area (TPSA) is 35.5 Å². The Hall–Kier alpha value is -0.120. The van der Waals surface area contributed by atoms with E-state index in [1.54, 1.807) is 0 Å². The standard InChI is InChI=1S/C9H22N2O/c1-5-8(2)11(4)7-9(12)6-10-3/h8-10,12H,5-7H2,1-4H3. The number of hydrogen-bond donors (Lipinski definition) is 2. The Morgan fingerprint density at radius 2 is 2.08 bits per heavy atom. The Kier molecular flexibility index (Phi) is 6.34. The molecule has 0 rings (SSSR count). The number of rotatable bonds is 6. The highest BCUT2D eigenvalue weighted by atomic mass is 16.3. The summed E-state index contributed by atoms with van der Waals surface area (Å²) in [4.78, 5) is 2.18. The average Bonchev–Trinajstić information content (AvgIpc) is 2.03. The summed E-state index contributed by atoms with van der Waals surface area (Å²) in [5, 5.41) is 12.4. The first-order chi connectivity index (χ1) is 5.61. The second kappa shape index (κ2) is 6.40. The highest BCUT2D eigenvalue weighted by Crippen LogP contribution is 2.00. The van der Waals surface area contributed by atoms with E-state index in [0.717, 1.165) is 13.0 Å². The maximum absolute atomic E-state index is 9.46. The molecule has 0 aromatic carbocycles. The third kappa shape index (κ3) is 4.70. The van der Waals surface area contributed by atoms with Gasteiger partial charge in [0.05, 0.1) is 6.10 Å². The Morgan fingerprint density at radius 1 is 1.50 bits per heavy atom. The van der Waals surface area contributed by atoms with E-state index in [0.29, 0.717) is 12.6 Å². The van der Waals surface area contributed by atoms with Crippen LogP contribution in [0.4, 0.5) is 0 Å². The van der Waals surface area contributed by atoms with Crippen LogP contribution < -0.4 is 5.32 Å². The third-order valence-electron chi connectivity index (χ3n) is 2.28. The van der Waals surface area contributed by atoms with Gasteiger partial charge in [0.2, 0.25) is 0 Å². The maximum Gasteiger partial charge on any atom is 0.0791 e. The van der Waals surface area contributed by atoms with Crippen molar-refractivity contribution in [3.8, 4) is 0 Å². The molecule has 74 valence electrons. The molecule has 0 aliphatic carbocycles. The van der Waals surface area contributed by atoms with E-state index in [1.807, 2.05) is 14.1 Å². The third-order valence-corrected chi connectivity index (χ3v) is 2.28. The van der Waals surface area contributed by atoms with Gasteiger partial charge < -0.3 is 15.3 Å². The van der Waals surface area contributed by atoms with Gasteiger partial charge in [-0.1, -0.05) is 6.92 Å². The van der Waals surface area contributed by atoms with Gasteiger partial charge in [-0.3, -0.25) is 0 Å². The highest BCUT2D eigenvalue weighted by molar-refractivity contribution is 4.67. The monoisotopic (exact) mass is 174 g/mol. The zero-order chi connectivity index (χ0) is 9.56. The second-order valence-electron chi connectivity index (χ2n) is 3.41. The molecule has 0 heterocycles. The molecule has 2 unspecified atom stereocenters. The Morgan fingerprint density at radius 3 is 2.50 bits per heavy atom. The molecule has 0 aliphatic rings. The summed E-state index contributed by atoms with van der Waals surface area (Å²) >= 11 is 0. The van der Waals surface area contributed by atoms with E-state index in [4.69, 9.17) is 0 Å². The number of aliphatic hydroxyl groups is 1. The van der Waals surface area contributed by atoms with Gasteiger partial charge in [-0.05, 0) is 27.4 Å². The molecular weight excluding hydrogens is 152 g/mol. The van der Waals surface area contributed by atoms with Gasteiger partial charge in [-0.2, -0.15) is 0 Å². The van der Waals surface area contributed by atoms with Crippen LogP contribution in [-0.4, -0.2) is 49.3 Å². The van der Waals surface area contributed by atoms with Crippen LogP contribution in [0.3, 0.4) is 0 Å². The molecule has 0 saturated carbocycles. The lowest BCUT2D eigenvalue weighted by Gasteiger charge is -2.25. The normalized spacial score (nSPS) is 16.5. The Labute approximate surface area is 75.8 Å². The largest absolute Gasteiger partial charge is 0.390 e. The summed E-state index contributed by atoms with van der Waals surface area (Å²) in [6, 6.07) is 0.552. The van der Waals surface area contributed by atoms with Crippen molar-refractivity contribution in [1.29, 1.82) is 0 Å². The minimum Gasteiger partial charge on any atom is -0.390 e. The summed E-state index contributed by atoms with van der Waals surface area (Å²) in [5.41, 5.74) is 0. The fourth-order valence-electron chi connectivity index (χ4n) is 1.12. The minimum atomic E-state index is -0.256. The van der Waals surface area contributed by atoms with Crippen molar-refractivity contribution in [3.05, 3.63) is 0 Å². The van der Waals surface area contributed by atoms with Gasteiger partial charge in [0.1, 0.15) is 0 Å². The van der Waals surface area contributed by atoms with Crippen LogP contribution in [0.15, 0.2) is 0 Å². The minimum absolute atomic E-state index is 0.256. The summed E-state index contributed by atoms with van der Waals surface area (Å²) in [5.74, 6) is 0. The molecule has 0 amide bonds. The predicted octanol–water partition coefficient (Wildman–Crippen LogP) is 0.297. The van der Waals surface area contributed by atoms with Gasteiger partial charge in [0.25, 0.3) is 0 Å². The lowest BCUT2D eigenvalue weighted by Crippen LogP contribution is -2.39. The molecule has 12 heavy (non-hydrogen) atoms. The van der Waals surface area contributed by atoms with Crippen molar-refractivity contribution >= 4 is 0 Å². The van der Waals surface area contributed by atoms with Crippen molar-refractivity contribution < 1.29 is 5.11 Å². The molecule has 2 N–H and O–H groups in total. The number of likely N-dealkylation sites (N-methyl/N-ethyl adjacent to an activating group) is 2. The van der Waals surface area contributed by atoms with Crippen LogP contribution in [0, 0.1) is 0 Å². The van der Waals surface area contributed by atoms with E-state index >= 15 is 0 Å². The molecule has 3 heteroatoms. The van der Waals surface area contributed by atoms with Crippen molar-refractivity contribution in [2.45, 2.75) is 32.4 Å². The molecule has 0 spiro atoms. The van der Waals surface area contributed by atoms with Crippen LogP contribution in [0.1, 0.15) is 20.3 Å². The summed E-state index contributed by atoms with van der Waals surface area (Å²) in [6.45, 7) is 5.74. The van der Waals surface area contributed by atoms with Gasteiger partial charge in [0, 0.05) is 19.1 Å². The number of nitrogens with one attached hydrogen (secondary N) is 1. The maximum atomic E-state index is 9.46. The fraction of sp³-hybridized carbons (Fsp3) is 1.00. The van der Waals surface area contributed by atoms with Gasteiger partial charge in [0.15, 0.2) is 0 Å². The molecule has 0 aromatic rings. The fourth-order valence-corrected chi connectivity index (χ4v) is 1.12. The van der Waals surface area contributed by atoms with Crippen LogP contribution in [-0.2, 0) is 0 Å². The van der Waals surface area contributed by atoms with Crippen LogP contribution in [0.5, 0.6) is 0 Å². The Balaban J connectivity index is 3.59. The first-order valence-electron chi connectivity index (χ1n) is 4.64. The summed E-state index contributed by atoms with van der Waals surface area (Å²) in [7, 11) is 3.90. The first-order valence-corrected chi connectivity index (χ1v) is 4.64. The molecule has 2 atom stereocenters. The van der Waals surface area contributed by atoms with Gasteiger partial charge in [-0.25, -0.2) is 0 Å². The van der Waals surface area contributed by atoms with E-state index in [9.17, 15) is 5.11 Å². The predicted molar refractivity (Wildman–Crippen MR) is 52.3 cm³/mol. The molecule has 3 nitrogen and oxygen atoms in total. The number of hydrogen-bond acceptors (Lipinski definition) is 3. The van der Waals surface area contributed by atoms with E-state index in [-0.39, 0.29) is 6.10 Å². The van der Waals surface area contributed by atoms with Gasteiger partial charge in [-0.15, -0.1) is 0 Å². The van der Waals surface area contributed by atoms with Crippen LogP contribution >= 0.6 is 0 Å².